The lowest BCUT2D eigenvalue weighted by molar-refractivity contribution is 0.0919. The summed E-state index contributed by atoms with van der Waals surface area (Å²) in [4.78, 5) is 14.5. The first kappa shape index (κ1) is 11.9. The lowest BCUT2D eigenvalue weighted by Crippen LogP contribution is -2.36. The highest BCUT2D eigenvalue weighted by Crippen LogP contribution is 2.37. The Hall–Kier alpha value is -1.15. The molecule has 0 radical (unpaired) electrons. The first-order valence-corrected chi connectivity index (χ1v) is 7.11. The highest BCUT2D eigenvalue weighted by molar-refractivity contribution is 5.98. The van der Waals surface area contributed by atoms with E-state index in [-0.39, 0.29) is 0 Å². The molecule has 1 aromatic carbocycles. The van der Waals surface area contributed by atoms with Crippen molar-refractivity contribution in [2.45, 2.75) is 50.6 Å². The lowest BCUT2D eigenvalue weighted by atomic mass is 9.85. The second-order valence-electron chi connectivity index (χ2n) is 5.67. The number of hydrogen-bond acceptors (Lipinski definition) is 2. The van der Waals surface area contributed by atoms with Crippen molar-refractivity contribution >= 4 is 5.78 Å². The maximum Gasteiger partial charge on any atom is 0.163 e. The van der Waals surface area contributed by atoms with Gasteiger partial charge in [0.1, 0.15) is 0 Å². The van der Waals surface area contributed by atoms with Crippen LogP contribution in [-0.4, -0.2) is 23.8 Å². The molecule has 2 heteroatoms. The number of hydrogen-bond donors (Lipinski definition) is 0. The summed E-state index contributed by atoms with van der Waals surface area (Å²) >= 11 is 0. The normalized spacial score (nSPS) is 24.6. The summed E-state index contributed by atoms with van der Waals surface area (Å²) in [6, 6.07) is 9.34. The quantitative estimate of drug-likeness (QED) is 0.791. The molecular weight excluding hydrogens is 222 g/mol. The van der Waals surface area contributed by atoms with E-state index in [1.165, 1.54) is 31.2 Å². The third-order valence-corrected chi connectivity index (χ3v) is 4.66. The fraction of sp³-hybridized carbons (Fsp3) is 0.562. The second-order valence-corrected chi connectivity index (χ2v) is 5.67. The summed E-state index contributed by atoms with van der Waals surface area (Å²) in [6.07, 6.45) is 7.07. The second kappa shape index (κ2) is 4.85. The van der Waals surface area contributed by atoms with Crippen LogP contribution < -0.4 is 0 Å². The van der Waals surface area contributed by atoms with E-state index in [1.54, 1.807) is 0 Å². The van der Waals surface area contributed by atoms with Crippen molar-refractivity contribution in [1.82, 2.24) is 4.90 Å². The Labute approximate surface area is 109 Å². The molecular formula is C16H21NO. The predicted octanol–water partition coefficient (Wildman–Crippen LogP) is 3.58. The number of Topliss-reactive ketones (excluding diaryl/α,β-unsaturated/α-hetero) is 1. The largest absolute Gasteiger partial charge is 0.296 e. The lowest BCUT2D eigenvalue weighted by Gasteiger charge is -2.36. The van der Waals surface area contributed by atoms with Gasteiger partial charge in [0.25, 0.3) is 0 Å². The molecule has 1 unspecified atom stereocenters. The van der Waals surface area contributed by atoms with Crippen LogP contribution >= 0.6 is 0 Å². The number of nitrogens with zero attached hydrogens (tertiary/aromatic N) is 1. The molecule has 0 aromatic heterocycles. The number of carbonyl (C=O) groups is 1. The smallest absolute Gasteiger partial charge is 0.163 e. The molecule has 0 aliphatic heterocycles. The maximum absolute atomic E-state index is 12.0. The molecule has 1 saturated carbocycles. The molecule has 0 N–H and O–H groups in total. The van der Waals surface area contributed by atoms with Crippen LogP contribution in [-0.2, 0) is 0 Å². The Morgan fingerprint density at radius 3 is 2.61 bits per heavy atom. The van der Waals surface area contributed by atoms with E-state index in [0.29, 0.717) is 18.2 Å². The molecule has 18 heavy (non-hydrogen) atoms. The van der Waals surface area contributed by atoms with Gasteiger partial charge in [-0.1, -0.05) is 37.1 Å². The number of benzene rings is 1. The third-order valence-electron chi connectivity index (χ3n) is 4.66. The van der Waals surface area contributed by atoms with Crippen LogP contribution in [0.5, 0.6) is 0 Å². The Balaban J connectivity index is 1.89. The van der Waals surface area contributed by atoms with Gasteiger partial charge in [-0.05, 0) is 31.9 Å². The van der Waals surface area contributed by atoms with Crippen molar-refractivity contribution in [3.63, 3.8) is 0 Å². The number of carbonyl (C=O) groups excluding carboxylic acids is 1. The van der Waals surface area contributed by atoms with Crippen LogP contribution in [0.2, 0.25) is 0 Å². The molecule has 0 saturated heterocycles. The van der Waals surface area contributed by atoms with Crippen LogP contribution in [0.25, 0.3) is 0 Å². The Morgan fingerprint density at radius 1 is 1.11 bits per heavy atom. The van der Waals surface area contributed by atoms with Gasteiger partial charge in [0.05, 0.1) is 0 Å². The van der Waals surface area contributed by atoms with Gasteiger partial charge in [0.15, 0.2) is 5.78 Å². The summed E-state index contributed by atoms with van der Waals surface area (Å²) in [6.45, 7) is 0. The van der Waals surface area contributed by atoms with Crippen LogP contribution in [0, 0.1) is 0 Å². The van der Waals surface area contributed by atoms with Crippen molar-refractivity contribution in [2.24, 2.45) is 0 Å². The average molecular weight is 243 g/mol. The van der Waals surface area contributed by atoms with E-state index in [2.05, 4.69) is 24.1 Å². The molecule has 0 heterocycles. The Kier molecular flexibility index (Phi) is 3.21. The summed E-state index contributed by atoms with van der Waals surface area (Å²) in [5.41, 5.74) is 2.21. The minimum Gasteiger partial charge on any atom is -0.296 e. The summed E-state index contributed by atoms with van der Waals surface area (Å²) in [5, 5.41) is 0. The van der Waals surface area contributed by atoms with Crippen molar-refractivity contribution in [3.05, 3.63) is 35.4 Å². The zero-order valence-corrected chi connectivity index (χ0v) is 11.1. The van der Waals surface area contributed by atoms with E-state index >= 15 is 0 Å². The number of fused-ring (bicyclic) bond motifs is 1. The van der Waals surface area contributed by atoms with E-state index in [9.17, 15) is 4.79 Å². The monoisotopic (exact) mass is 243 g/mol. The van der Waals surface area contributed by atoms with Crippen molar-refractivity contribution in [1.29, 1.82) is 0 Å². The van der Waals surface area contributed by atoms with Gasteiger partial charge in [0, 0.05) is 24.1 Å². The molecule has 1 atom stereocenters. The molecule has 0 spiro atoms. The van der Waals surface area contributed by atoms with Gasteiger partial charge < -0.3 is 0 Å². The third kappa shape index (κ3) is 1.99. The summed E-state index contributed by atoms with van der Waals surface area (Å²) in [7, 11) is 2.24. The van der Waals surface area contributed by atoms with Crippen LogP contribution in [0.3, 0.4) is 0 Å². The van der Waals surface area contributed by atoms with Gasteiger partial charge in [-0.15, -0.1) is 0 Å². The molecule has 2 aliphatic carbocycles. The van der Waals surface area contributed by atoms with Gasteiger partial charge in [0.2, 0.25) is 0 Å². The highest BCUT2D eigenvalue weighted by atomic mass is 16.1. The fourth-order valence-electron chi connectivity index (χ4n) is 3.59. The average Bonchev–Trinajstić information content (AvgIpc) is 2.93. The fourth-order valence-corrected chi connectivity index (χ4v) is 3.59. The molecule has 2 nitrogen and oxygen atoms in total. The molecule has 1 fully saturated rings. The van der Waals surface area contributed by atoms with Gasteiger partial charge in [-0.2, -0.15) is 0 Å². The summed E-state index contributed by atoms with van der Waals surface area (Å²) in [5.74, 6) is 0.321. The minimum absolute atomic E-state index is 0.321. The SMILES string of the molecule is CN(C1CCCC1)C1CCC(=O)c2ccccc21. The summed E-state index contributed by atoms with van der Waals surface area (Å²) < 4.78 is 0. The molecule has 0 amide bonds. The van der Waals surface area contributed by atoms with E-state index < -0.39 is 0 Å². The standard InChI is InChI=1S/C16H21NO/c1-17(12-6-2-3-7-12)15-10-11-16(18)14-9-5-4-8-13(14)15/h4-5,8-9,12,15H,2-3,6-7,10-11H2,1H3. The topological polar surface area (TPSA) is 20.3 Å². The maximum atomic E-state index is 12.0. The zero-order chi connectivity index (χ0) is 12.5. The van der Waals surface area contributed by atoms with E-state index in [1.807, 2.05) is 12.1 Å². The first-order chi connectivity index (χ1) is 8.77. The molecule has 0 bridgehead atoms. The minimum atomic E-state index is 0.321. The van der Waals surface area contributed by atoms with Gasteiger partial charge >= 0.3 is 0 Å². The Morgan fingerprint density at radius 2 is 1.83 bits per heavy atom. The predicted molar refractivity (Wildman–Crippen MR) is 72.8 cm³/mol. The van der Waals surface area contributed by atoms with E-state index in [4.69, 9.17) is 0 Å². The number of ketones is 1. The first-order valence-electron chi connectivity index (χ1n) is 7.11. The van der Waals surface area contributed by atoms with Crippen molar-refractivity contribution in [3.8, 4) is 0 Å². The van der Waals surface area contributed by atoms with Crippen LogP contribution in [0.15, 0.2) is 24.3 Å². The highest BCUT2D eigenvalue weighted by Gasteiger charge is 2.32. The van der Waals surface area contributed by atoms with Crippen LogP contribution in [0.4, 0.5) is 0 Å². The van der Waals surface area contributed by atoms with Crippen molar-refractivity contribution < 1.29 is 4.79 Å². The number of rotatable bonds is 2. The molecule has 3 rings (SSSR count). The van der Waals surface area contributed by atoms with Gasteiger partial charge in [-0.3, -0.25) is 9.69 Å². The molecule has 96 valence electrons. The van der Waals surface area contributed by atoms with Crippen LogP contribution in [0.1, 0.15) is 60.5 Å². The molecule has 1 aromatic rings. The zero-order valence-electron chi connectivity index (χ0n) is 11.1. The van der Waals surface area contributed by atoms with Crippen molar-refractivity contribution in [2.75, 3.05) is 7.05 Å². The van der Waals surface area contributed by atoms with Gasteiger partial charge in [-0.25, -0.2) is 0 Å². The molecule has 2 aliphatic rings. The Bertz CT molecular complexity index is 448. The van der Waals surface area contributed by atoms with E-state index in [0.717, 1.165) is 18.0 Å².